The third-order valence-electron chi connectivity index (χ3n) is 4.45. The van der Waals surface area contributed by atoms with Crippen LogP contribution in [0.25, 0.3) is 21.3 Å². The maximum atomic E-state index is 13.0. The molecule has 4 aromatic rings. The molecule has 0 bridgehead atoms. The number of nitrogens with one attached hydrogen (secondary N) is 1. The number of aryl methyl sites for hydroxylation is 2. The van der Waals surface area contributed by atoms with Crippen LogP contribution in [-0.2, 0) is 17.1 Å². The lowest BCUT2D eigenvalue weighted by Crippen LogP contribution is -2.15. The molecule has 0 fully saturated rings. The van der Waals surface area contributed by atoms with Crippen LogP contribution in [0, 0.1) is 6.92 Å². The molecule has 0 radical (unpaired) electrons. The van der Waals surface area contributed by atoms with E-state index in [1.165, 1.54) is 17.0 Å². The molecular weight excluding hydrogens is 400 g/mol. The number of para-hydroxylation sites is 1. The fourth-order valence-electron chi connectivity index (χ4n) is 3.13. The first kappa shape index (κ1) is 18.1. The number of hydrogen-bond acceptors (Lipinski definition) is 3. The molecule has 0 unspecified atom stereocenters. The normalized spacial score (nSPS) is 11.8. The molecule has 2 aromatic carbocycles. The average Bonchev–Trinajstić information content (AvgIpc) is 3.17. The second-order valence-corrected chi connectivity index (χ2v) is 9.68. The van der Waals surface area contributed by atoms with Gasteiger partial charge in [0, 0.05) is 32.8 Å². The summed E-state index contributed by atoms with van der Waals surface area (Å²) in [4.78, 5) is 2.37. The molecule has 4 nitrogen and oxygen atoms in total. The Bertz CT molecular complexity index is 1240. The Morgan fingerprint density at radius 2 is 1.70 bits per heavy atom. The molecule has 0 amide bonds. The Kier molecular flexibility index (Phi) is 4.50. The number of halogens is 1. The molecule has 4 rings (SSSR count). The van der Waals surface area contributed by atoms with E-state index in [0.717, 1.165) is 21.3 Å². The van der Waals surface area contributed by atoms with Crippen molar-refractivity contribution in [2.24, 2.45) is 7.05 Å². The third kappa shape index (κ3) is 3.25. The summed E-state index contributed by atoms with van der Waals surface area (Å²) in [6, 6.07) is 18.1. The number of aromatic nitrogens is 1. The summed E-state index contributed by atoms with van der Waals surface area (Å²) >= 11 is 7.53. The number of rotatable bonds is 4. The number of thiophene rings is 1. The second-order valence-electron chi connectivity index (χ2n) is 6.27. The van der Waals surface area contributed by atoms with Crippen molar-refractivity contribution in [1.82, 2.24) is 4.57 Å². The molecule has 0 aliphatic carbocycles. The molecule has 0 aliphatic rings. The lowest BCUT2D eigenvalue weighted by molar-refractivity contribution is 0.601. The van der Waals surface area contributed by atoms with E-state index in [2.05, 4.69) is 4.72 Å². The van der Waals surface area contributed by atoms with Crippen molar-refractivity contribution in [3.05, 3.63) is 70.6 Å². The maximum Gasteiger partial charge on any atom is 0.263 e. The van der Waals surface area contributed by atoms with Gasteiger partial charge in [0.1, 0.15) is 5.82 Å². The highest BCUT2D eigenvalue weighted by molar-refractivity contribution is 7.92. The zero-order chi connectivity index (χ0) is 19.2. The highest BCUT2D eigenvalue weighted by Gasteiger charge is 2.23. The van der Waals surface area contributed by atoms with Crippen LogP contribution in [0.1, 0.15) is 4.88 Å². The monoisotopic (exact) mass is 416 g/mol. The molecular formula is C20H17ClN2O2S2. The quantitative estimate of drug-likeness (QED) is 0.466. The molecule has 1 N–H and O–H groups in total. The maximum absolute atomic E-state index is 13.0. The highest BCUT2D eigenvalue weighted by Crippen LogP contribution is 2.41. The lowest BCUT2D eigenvalue weighted by atomic mass is 10.1. The van der Waals surface area contributed by atoms with Gasteiger partial charge in [-0.1, -0.05) is 29.8 Å². The van der Waals surface area contributed by atoms with Crippen molar-refractivity contribution in [3.63, 3.8) is 0 Å². The van der Waals surface area contributed by atoms with E-state index in [0.29, 0.717) is 10.8 Å². The van der Waals surface area contributed by atoms with Crippen LogP contribution in [0.15, 0.2) is 65.6 Å². The van der Waals surface area contributed by atoms with Gasteiger partial charge >= 0.3 is 0 Å². The molecule has 0 spiro atoms. The Balaban J connectivity index is 1.91. The first-order chi connectivity index (χ1) is 12.9. The first-order valence-electron chi connectivity index (χ1n) is 8.29. The molecule has 0 aliphatic heterocycles. The van der Waals surface area contributed by atoms with Crippen molar-refractivity contribution < 1.29 is 8.42 Å². The Morgan fingerprint density at radius 3 is 2.37 bits per heavy atom. The number of nitrogens with zero attached hydrogens (tertiary/aromatic N) is 1. The SMILES string of the molecule is Cc1ccc(-c2c(NS(=O)(=O)c3ccc(Cl)cc3)n(C)c3ccccc23)s1. The molecule has 2 aromatic heterocycles. The predicted molar refractivity (Wildman–Crippen MR) is 113 cm³/mol. The molecule has 0 saturated heterocycles. The average molecular weight is 417 g/mol. The summed E-state index contributed by atoms with van der Waals surface area (Å²) in [5.41, 5.74) is 1.86. The fraction of sp³-hybridized carbons (Fsp3) is 0.100. The largest absolute Gasteiger partial charge is 0.329 e. The minimum atomic E-state index is -3.75. The van der Waals surface area contributed by atoms with E-state index in [1.807, 2.05) is 54.9 Å². The smallest absolute Gasteiger partial charge is 0.263 e. The van der Waals surface area contributed by atoms with Crippen molar-refractivity contribution >= 4 is 49.7 Å². The minimum Gasteiger partial charge on any atom is -0.329 e. The summed E-state index contributed by atoms with van der Waals surface area (Å²) < 4.78 is 30.6. The van der Waals surface area contributed by atoms with Crippen molar-refractivity contribution in [3.8, 4) is 10.4 Å². The van der Waals surface area contributed by atoms with Gasteiger partial charge in [-0.05, 0) is 49.4 Å². The molecule has 0 saturated carbocycles. The highest BCUT2D eigenvalue weighted by atomic mass is 35.5. The van der Waals surface area contributed by atoms with Crippen molar-refractivity contribution in [2.75, 3.05) is 4.72 Å². The van der Waals surface area contributed by atoms with Gasteiger partial charge in [-0.25, -0.2) is 8.42 Å². The van der Waals surface area contributed by atoms with Gasteiger partial charge in [0.15, 0.2) is 0 Å². The number of sulfonamides is 1. The lowest BCUT2D eigenvalue weighted by Gasteiger charge is -2.11. The van der Waals surface area contributed by atoms with Crippen LogP contribution in [0.4, 0.5) is 5.82 Å². The Labute approximate surface area is 167 Å². The summed E-state index contributed by atoms with van der Waals surface area (Å²) in [5, 5.41) is 1.50. The predicted octanol–water partition coefficient (Wildman–Crippen LogP) is 5.67. The van der Waals surface area contributed by atoms with E-state index in [9.17, 15) is 8.42 Å². The van der Waals surface area contributed by atoms with Gasteiger partial charge in [-0.15, -0.1) is 11.3 Å². The van der Waals surface area contributed by atoms with Crippen LogP contribution in [-0.4, -0.2) is 13.0 Å². The number of anilines is 1. The third-order valence-corrected chi connectivity index (χ3v) is 7.07. The number of hydrogen-bond donors (Lipinski definition) is 1. The summed E-state index contributed by atoms with van der Waals surface area (Å²) in [5.74, 6) is 0.549. The van der Waals surface area contributed by atoms with Crippen LogP contribution >= 0.6 is 22.9 Å². The van der Waals surface area contributed by atoms with Gasteiger partial charge in [-0.3, -0.25) is 4.72 Å². The van der Waals surface area contributed by atoms with Gasteiger partial charge in [-0.2, -0.15) is 0 Å². The molecule has 0 atom stereocenters. The number of fused-ring (bicyclic) bond motifs is 1. The Morgan fingerprint density at radius 1 is 1.00 bits per heavy atom. The van der Waals surface area contributed by atoms with E-state index >= 15 is 0 Å². The van der Waals surface area contributed by atoms with Gasteiger partial charge in [0.2, 0.25) is 0 Å². The van der Waals surface area contributed by atoms with Crippen molar-refractivity contribution in [1.29, 1.82) is 0 Å². The fourth-order valence-corrected chi connectivity index (χ4v) is 5.29. The number of benzene rings is 2. The van der Waals surface area contributed by atoms with Crippen molar-refractivity contribution in [2.45, 2.75) is 11.8 Å². The molecule has 2 heterocycles. The van der Waals surface area contributed by atoms with Crippen LogP contribution in [0.3, 0.4) is 0 Å². The molecule has 27 heavy (non-hydrogen) atoms. The summed E-state index contributed by atoms with van der Waals surface area (Å²) in [6.45, 7) is 2.04. The minimum absolute atomic E-state index is 0.172. The van der Waals surface area contributed by atoms with E-state index in [4.69, 9.17) is 11.6 Å². The van der Waals surface area contributed by atoms with Crippen LogP contribution < -0.4 is 4.72 Å². The first-order valence-corrected chi connectivity index (χ1v) is 11.0. The zero-order valence-corrected chi connectivity index (χ0v) is 17.1. The van der Waals surface area contributed by atoms with E-state index < -0.39 is 10.0 Å². The zero-order valence-electron chi connectivity index (χ0n) is 14.7. The molecule has 138 valence electrons. The molecule has 7 heteroatoms. The van der Waals surface area contributed by atoms with Crippen LogP contribution in [0.5, 0.6) is 0 Å². The standard InChI is InChI=1S/C20H17ClN2O2S2/c1-13-7-12-18(26-13)19-16-5-3-4-6-17(16)23(2)20(19)22-27(24,25)15-10-8-14(21)9-11-15/h3-12,22H,1-2H3. The van der Waals surface area contributed by atoms with E-state index in [-0.39, 0.29) is 4.90 Å². The van der Waals surface area contributed by atoms with E-state index in [1.54, 1.807) is 23.5 Å². The summed E-state index contributed by atoms with van der Waals surface area (Å²) in [6.07, 6.45) is 0. The van der Waals surface area contributed by atoms with Gasteiger partial charge in [0.25, 0.3) is 10.0 Å². The van der Waals surface area contributed by atoms with Gasteiger partial charge < -0.3 is 4.57 Å². The Hall–Kier alpha value is -2.28. The topological polar surface area (TPSA) is 51.1 Å². The summed E-state index contributed by atoms with van der Waals surface area (Å²) in [7, 11) is -1.88. The van der Waals surface area contributed by atoms with Crippen LogP contribution in [0.2, 0.25) is 5.02 Å². The van der Waals surface area contributed by atoms with Gasteiger partial charge in [0.05, 0.1) is 10.4 Å². The second kappa shape index (κ2) is 6.71.